The fourth-order valence-electron chi connectivity index (χ4n) is 1.87. The second kappa shape index (κ2) is 8.35. The van der Waals surface area contributed by atoms with Crippen molar-refractivity contribution in [3.8, 4) is 17.2 Å². The molecular weight excluding hydrogens is 456 g/mol. The molecule has 0 heterocycles. The molecule has 8 heteroatoms. The number of rotatable bonds is 5. The number of nitrogens with one attached hydrogen (secondary N) is 1. The summed E-state index contributed by atoms with van der Waals surface area (Å²) in [6.07, 6.45) is 1.26. The molecule has 0 atom stereocenters. The molecule has 0 unspecified atom stereocenters. The van der Waals surface area contributed by atoms with Crippen LogP contribution >= 0.6 is 31.9 Å². The highest BCUT2D eigenvalue weighted by molar-refractivity contribution is 9.11. The van der Waals surface area contributed by atoms with Gasteiger partial charge in [-0.25, -0.2) is 5.43 Å². The van der Waals surface area contributed by atoms with Crippen molar-refractivity contribution in [1.29, 1.82) is 0 Å². The van der Waals surface area contributed by atoms with Gasteiger partial charge in [-0.15, -0.1) is 0 Å². The predicted molar refractivity (Wildman–Crippen MR) is 102 cm³/mol. The number of phenols is 2. The van der Waals surface area contributed by atoms with E-state index < -0.39 is 5.91 Å². The third kappa shape index (κ3) is 4.96. The monoisotopic (exact) mass is 470 g/mol. The first-order valence-corrected chi connectivity index (χ1v) is 8.80. The van der Waals surface area contributed by atoms with E-state index in [9.17, 15) is 15.0 Å². The van der Waals surface area contributed by atoms with E-state index in [0.29, 0.717) is 15.8 Å². The molecule has 132 valence electrons. The van der Waals surface area contributed by atoms with Gasteiger partial charge in [0.1, 0.15) is 21.7 Å². The molecule has 3 N–H and O–H groups in total. The Morgan fingerprint density at radius 1 is 1.20 bits per heavy atom. The van der Waals surface area contributed by atoms with E-state index in [0.717, 1.165) is 11.1 Å². The minimum atomic E-state index is -0.439. The number of aromatic hydroxyl groups is 2. The zero-order valence-corrected chi connectivity index (χ0v) is 16.7. The maximum atomic E-state index is 11.8. The lowest BCUT2D eigenvalue weighted by molar-refractivity contribution is -0.123. The van der Waals surface area contributed by atoms with E-state index in [4.69, 9.17) is 4.74 Å². The smallest absolute Gasteiger partial charge is 0.277 e. The summed E-state index contributed by atoms with van der Waals surface area (Å²) < 4.78 is 5.91. The van der Waals surface area contributed by atoms with Crippen LogP contribution in [-0.4, -0.2) is 28.9 Å². The summed E-state index contributed by atoms with van der Waals surface area (Å²) in [6, 6.07) is 7.04. The molecular formula is C17H16Br2N2O4. The lowest BCUT2D eigenvalue weighted by Crippen LogP contribution is -2.24. The van der Waals surface area contributed by atoms with Crippen LogP contribution in [0.25, 0.3) is 0 Å². The number of ether oxygens (including phenoxy) is 1. The molecule has 0 aliphatic heterocycles. The largest absolute Gasteiger partial charge is 0.506 e. The number of nitrogens with zero attached hydrogens (tertiary/aromatic N) is 1. The Kier molecular flexibility index (Phi) is 6.44. The number of carbonyl (C=O) groups is 1. The Morgan fingerprint density at radius 3 is 2.60 bits per heavy atom. The van der Waals surface area contributed by atoms with Gasteiger partial charge in [-0.05, 0) is 75.0 Å². The number of benzene rings is 2. The molecule has 25 heavy (non-hydrogen) atoms. The number of hydrogen-bond acceptors (Lipinski definition) is 5. The minimum absolute atomic E-state index is 0.125. The van der Waals surface area contributed by atoms with Crippen LogP contribution in [0, 0.1) is 13.8 Å². The van der Waals surface area contributed by atoms with Crippen molar-refractivity contribution in [2.45, 2.75) is 13.8 Å². The molecule has 0 aliphatic carbocycles. The van der Waals surface area contributed by atoms with E-state index in [-0.39, 0.29) is 22.6 Å². The quantitative estimate of drug-likeness (QED) is 0.457. The zero-order valence-electron chi connectivity index (χ0n) is 13.5. The van der Waals surface area contributed by atoms with Gasteiger partial charge in [-0.3, -0.25) is 4.79 Å². The maximum Gasteiger partial charge on any atom is 0.277 e. The molecule has 0 saturated heterocycles. The fraction of sp³-hybridized carbons (Fsp3) is 0.176. The molecule has 0 spiro atoms. The fourth-order valence-corrected chi connectivity index (χ4v) is 3.03. The average molecular weight is 472 g/mol. The highest BCUT2D eigenvalue weighted by Crippen LogP contribution is 2.40. The summed E-state index contributed by atoms with van der Waals surface area (Å²) in [7, 11) is 0. The molecule has 0 aliphatic rings. The summed E-state index contributed by atoms with van der Waals surface area (Å²) in [5, 5.41) is 23.3. The third-order valence-electron chi connectivity index (χ3n) is 3.44. The number of hydrazone groups is 1. The minimum Gasteiger partial charge on any atom is -0.506 e. The first kappa shape index (κ1) is 19.3. The Balaban J connectivity index is 1.93. The lowest BCUT2D eigenvalue weighted by atomic mass is 10.1. The van der Waals surface area contributed by atoms with Crippen LogP contribution in [0.3, 0.4) is 0 Å². The van der Waals surface area contributed by atoms with Gasteiger partial charge in [0.05, 0.1) is 10.7 Å². The summed E-state index contributed by atoms with van der Waals surface area (Å²) in [4.78, 5) is 11.8. The Bertz CT molecular complexity index is 838. The van der Waals surface area contributed by atoms with E-state index in [1.807, 2.05) is 26.0 Å². The Morgan fingerprint density at radius 2 is 1.92 bits per heavy atom. The predicted octanol–water partition coefficient (Wildman–Crippen LogP) is 3.77. The average Bonchev–Trinajstić information content (AvgIpc) is 2.58. The molecule has 0 saturated carbocycles. The number of carbonyl (C=O) groups excluding carboxylic acids is 1. The first-order valence-electron chi connectivity index (χ1n) is 7.21. The Labute approximate surface area is 161 Å². The van der Waals surface area contributed by atoms with E-state index in [1.165, 1.54) is 12.3 Å². The number of halogens is 2. The topological polar surface area (TPSA) is 91.2 Å². The third-order valence-corrected chi connectivity index (χ3v) is 4.79. The number of aryl methyl sites for hydroxylation is 2. The van der Waals surface area contributed by atoms with Crippen molar-refractivity contribution in [3.63, 3.8) is 0 Å². The standard InChI is InChI=1S/C17H16Br2N2O4/c1-9-3-4-12(5-10(9)2)25-8-14(22)21-20-7-11-6-13(18)17(24)15(19)16(11)23/h3-7,23-24H,8H2,1-2H3,(H,21,22)/b20-7+. The summed E-state index contributed by atoms with van der Waals surface area (Å²) >= 11 is 6.22. The molecule has 1 amide bonds. The van der Waals surface area contributed by atoms with Crippen molar-refractivity contribution in [1.82, 2.24) is 5.43 Å². The SMILES string of the molecule is Cc1ccc(OCC(=O)N/N=C/c2cc(Br)c(O)c(Br)c2O)cc1C. The van der Waals surface area contributed by atoms with Gasteiger partial charge < -0.3 is 14.9 Å². The molecule has 6 nitrogen and oxygen atoms in total. The first-order chi connectivity index (χ1) is 11.8. The van der Waals surface area contributed by atoms with Crippen LogP contribution in [0.1, 0.15) is 16.7 Å². The summed E-state index contributed by atoms with van der Waals surface area (Å²) in [6.45, 7) is 3.78. The van der Waals surface area contributed by atoms with Crippen LogP contribution in [-0.2, 0) is 4.79 Å². The zero-order chi connectivity index (χ0) is 18.6. The second-order valence-corrected chi connectivity index (χ2v) is 6.93. The number of amides is 1. The summed E-state index contributed by atoms with van der Waals surface area (Å²) in [5.74, 6) is -0.150. The number of hydrogen-bond donors (Lipinski definition) is 3. The number of phenolic OH excluding ortho intramolecular Hbond substituents is 2. The molecule has 0 aromatic heterocycles. The Hall–Kier alpha value is -2.06. The van der Waals surface area contributed by atoms with Crippen LogP contribution in [0.2, 0.25) is 0 Å². The van der Waals surface area contributed by atoms with Gasteiger partial charge in [0.15, 0.2) is 6.61 Å². The van der Waals surface area contributed by atoms with Crippen LogP contribution in [0.5, 0.6) is 17.2 Å². The van der Waals surface area contributed by atoms with E-state index in [2.05, 4.69) is 42.4 Å². The highest BCUT2D eigenvalue weighted by atomic mass is 79.9. The van der Waals surface area contributed by atoms with Gasteiger partial charge in [-0.2, -0.15) is 5.10 Å². The molecule has 0 fully saturated rings. The van der Waals surface area contributed by atoms with Crippen molar-refractivity contribution in [2.75, 3.05) is 6.61 Å². The van der Waals surface area contributed by atoms with Gasteiger partial charge in [0.2, 0.25) is 0 Å². The van der Waals surface area contributed by atoms with Crippen molar-refractivity contribution in [3.05, 3.63) is 49.9 Å². The maximum absolute atomic E-state index is 11.8. The molecule has 0 radical (unpaired) electrons. The summed E-state index contributed by atoms with van der Waals surface area (Å²) in [5.41, 5.74) is 4.85. The van der Waals surface area contributed by atoms with E-state index >= 15 is 0 Å². The van der Waals surface area contributed by atoms with Gasteiger partial charge >= 0.3 is 0 Å². The molecule has 2 rings (SSSR count). The van der Waals surface area contributed by atoms with Gasteiger partial charge in [0.25, 0.3) is 5.91 Å². The van der Waals surface area contributed by atoms with Crippen molar-refractivity contribution in [2.24, 2.45) is 5.10 Å². The van der Waals surface area contributed by atoms with Crippen molar-refractivity contribution < 1.29 is 19.7 Å². The van der Waals surface area contributed by atoms with Gasteiger partial charge in [0, 0.05) is 5.56 Å². The molecule has 0 bridgehead atoms. The molecule has 2 aromatic carbocycles. The lowest BCUT2D eigenvalue weighted by Gasteiger charge is -2.08. The van der Waals surface area contributed by atoms with Gasteiger partial charge in [-0.1, -0.05) is 6.07 Å². The van der Waals surface area contributed by atoms with Crippen molar-refractivity contribution >= 4 is 44.0 Å². The molecule has 2 aromatic rings. The van der Waals surface area contributed by atoms with Crippen LogP contribution in [0.15, 0.2) is 38.3 Å². The van der Waals surface area contributed by atoms with Crippen LogP contribution in [0.4, 0.5) is 0 Å². The van der Waals surface area contributed by atoms with Crippen LogP contribution < -0.4 is 10.2 Å². The highest BCUT2D eigenvalue weighted by Gasteiger charge is 2.12. The normalized spacial score (nSPS) is 10.9. The second-order valence-electron chi connectivity index (χ2n) is 5.29. The van der Waals surface area contributed by atoms with E-state index in [1.54, 1.807) is 6.07 Å².